The lowest BCUT2D eigenvalue weighted by Crippen LogP contribution is -2.52. The molecular weight excluding hydrogens is 250 g/mol. The molecule has 1 fully saturated rings. The summed E-state index contributed by atoms with van der Waals surface area (Å²) in [5.41, 5.74) is -0.938. The van der Waals surface area contributed by atoms with Gasteiger partial charge >= 0.3 is 5.97 Å². The van der Waals surface area contributed by atoms with E-state index in [0.717, 1.165) is 12.8 Å². The van der Waals surface area contributed by atoms with Gasteiger partial charge in [-0.05, 0) is 19.8 Å². The summed E-state index contributed by atoms with van der Waals surface area (Å²) >= 11 is 0. The second-order valence-corrected chi connectivity index (χ2v) is 5.13. The molecule has 1 saturated carbocycles. The molecule has 2 unspecified atom stereocenters. The van der Waals surface area contributed by atoms with Crippen molar-refractivity contribution in [2.75, 3.05) is 0 Å². The summed E-state index contributed by atoms with van der Waals surface area (Å²) < 4.78 is 4.74. The Morgan fingerprint density at radius 3 is 2.79 bits per heavy atom. The first-order valence-corrected chi connectivity index (χ1v) is 6.28. The molecule has 0 radical (unpaired) electrons. The largest absolute Gasteiger partial charge is 0.481 e. The van der Waals surface area contributed by atoms with E-state index in [1.54, 1.807) is 13.8 Å². The maximum Gasteiger partial charge on any atom is 0.311 e. The molecule has 0 aromatic carbocycles. The third kappa shape index (κ3) is 2.59. The van der Waals surface area contributed by atoms with Crippen LogP contribution in [0.4, 0.5) is 0 Å². The first-order chi connectivity index (χ1) is 8.93. The summed E-state index contributed by atoms with van der Waals surface area (Å²) in [5.74, 6) is -1.14. The summed E-state index contributed by atoms with van der Waals surface area (Å²) in [7, 11) is 0. The smallest absolute Gasteiger partial charge is 0.311 e. The van der Waals surface area contributed by atoms with E-state index in [2.05, 4.69) is 15.5 Å². The molecule has 0 spiro atoms. The van der Waals surface area contributed by atoms with Gasteiger partial charge in [-0.3, -0.25) is 9.59 Å². The number of carbonyl (C=O) groups excluding carboxylic acids is 1. The van der Waals surface area contributed by atoms with Crippen molar-refractivity contribution in [2.45, 2.75) is 45.6 Å². The van der Waals surface area contributed by atoms with Crippen molar-refractivity contribution in [1.82, 2.24) is 15.5 Å². The third-order valence-corrected chi connectivity index (χ3v) is 3.73. The molecule has 1 amide bonds. The van der Waals surface area contributed by atoms with Gasteiger partial charge in [0, 0.05) is 13.0 Å². The van der Waals surface area contributed by atoms with Gasteiger partial charge in [-0.25, -0.2) is 0 Å². The van der Waals surface area contributed by atoms with Gasteiger partial charge in [-0.15, -0.1) is 0 Å². The van der Waals surface area contributed by atoms with Crippen molar-refractivity contribution in [1.29, 1.82) is 0 Å². The van der Waals surface area contributed by atoms with Gasteiger partial charge in [-0.2, -0.15) is 4.98 Å². The van der Waals surface area contributed by atoms with Crippen LogP contribution in [0.5, 0.6) is 0 Å². The molecule has 104 valence electrons. The molecule has 2 N–H and O–H groups in total. The average molecular weight is 267 g/mol. The Balaban J connectivity index is 2.12. The predicted octanol–water partition coefficient (Wildman–Crippen LogP) is 1.14. The molecule has 2 atom stereocenters. The number of carboxylic acid groups (broad SMARTS) is 1. The van der Waals surface area contributed by atoms with E-state index in [4.69, 9.17) is 4.52 Å². The van der Waals surface area contributed by atoms with Crippen molar-refractivity contribution < 1.29 is 19.2 Å². The van der Waals surface area contributed by atoms with Crippen molar-refractivity contribution in [3.8, 4) is 0 Å². The molecule has 2 rings (SSSR count). The van der Waals surface area contributed by atoms with E-state index < -0.39 is 23.3 Å². The zero-order chi connectivity index (χ0) is 14.0. The molecule has 0 aliphatic heterocycles. The summed E-state index contributed by atoms with van der Waals surface area (Å²) in [6.07, 6.45) is 2.96. The molecular formula is C12H17N3O4. The van der Waals surface area contributed by atoms with Gasteiger partial charge in [0.1, 0.15) is 0 Å². The first kappa shape index (κ1) is 13.5. The van der Waals surface area contributed by atoms with Crippen molar-refractivity contribution in [2.24, 2.45) is 5.41 Å². The molecule has 19 heavy (non-hydrogen) atoms. The van der Waals surface area contributed by atoms with Crippen LogP contribution in [-0.4, -0.2) is 33.2 Å². The summed E-state index contributed by atoms with van der Waals surface area (Å²) in [5, 5.41) is 15.6. The minimum Gasteiger partial charge on any atom is -0.481 e. The van der Waals surface area contributed by atoms with E-state index in [0.29, 0.717) is 18.7 Å². The molecule has 1 aromatic heterocycles. The summed E-state index contributed by atoms with van der Waals surface area (Å²) in [6, 6.07) is -0.412. The maximum absolute atomic E-state index is 11.9. The topological polar surface area (TPSA) is 105 Å². The lowest BCUT2D eigenvalue weighted by molar-refractivity contribution is -0.151. The van der Waals surface area contributed by atoms with Crippen molar-refractivity contribution >= 4 is 11.9 Å². The third-order valence-electron chi connectivity index (χ3n) is 3.73. The highest BCUT2D eigenvalue weighted by atomic mass is 16.5. The Kier molecular flexibility index (Phi) is 3.55. The molecule has 7 nitrogen and oxygen atoms in total. The zero-order valence-electron chi connectivity index (χ0n) is 11.0. The van der Waals surface area contributed by atoms with E-state index in [9.17, 15) is 14.7 Å². The van der Waals surface area contributed by atoms with E-state index in [-0.39, 0.29) is 5.82 Å². The molecule has 0 bridgehead atoms. The molecule has 1 aliphatic rings. The second-order valence-electron chi connectivity index (χ2n) is 5.13. The maximum atomic E-state index is 11.9. The number of hydrogen-bond acceptors (Lipinski definition) is 5. The number of aryl methyl sites for hydroxylation is 1. The Labute approximate surface area is 110 Å². The Morgan fingerprint density at radius 1 is 1.47 bits per heavy atom. The molecule has 1 aliphatic carbocycles. The molecule has 0 saturated heterocycles. The first-order valence-electron chi connectivity index (χ1n) is 6.28. The van der Waals surface area contributed by atoms with Crippen molar-refractivity contribution in [3.05, 3.63) is 11.7 Å². The highest BCUT2D eigenvalue weighted by Crippen LogP contribution is 2.36. The van der Waals surface area contributed by atoms with Gasteiger partial charge in [-0.1, -0.05) is 18.0 Å². The number of aromatic nitrogens is 2. The van der Waals surface area contributed by atoms with Crippen LogP contribution >= 0.6 is 0 Å². The van der Waals surface area contributed by atoms with Gasteiger partial charge in [0.05, 0.1) is 5.41 Å². The number of aliphatic carboxylic acids is 1. The molecule has 1 aromatic rings. The normalized spacial score (nSPS) is 26.9. The standard InChI is InChI=1S/C12H17N3O4/c1-7-13-9(15-19-7)10(16)14-8-5-3-4-6-12(8,2)11(17)18/h8H,3-6H2,1-2H3,(H,14,16)(H,17,18). The highest BCUT2D eigenvalue weighted by Gasteiger charge is 2.44. The minimum absolute atomic E-state index is 0.0594. The number of amides is 1. The number of carboxylic acids is 1. The van der Waals surface area contributed by atoms with Gasteiger partial charge in [0.15, 0.2) is 0 Å². The minimum atomic E-state index is -0.938. The lowest BCUT2D eigenvalue weighted by Gasteiger charge is -2.38. The van der Waals surface area contributed by atoms with E-state index >= 15 is 0 Å². The Hall–Kier alpha value is -1.92. The van der Waals surface area contributed by atoms with Crippen LogP contribution in [0.3, 0.4) is 0 Å². The van der Waals surface area contributed by atoms with Gasteiger partial charge < -0.3 is 14.9 Å². The van der Waals surface area contributed by atoms with Crippen LogP contribution in [0.25, 0.3) is 0 Å². The van der Waals surface area contributed by atoms with Crippen molar-refractivity contribution in [3.63, 3.8) is 0 Å². The fourth-order valence-corrected chi connectivity index (χ4v) is 2.44. The monoisotopic (exact) mass is 267 g/mol. The fraction of sp³-hybridized carbons (Fsp3) is 0.667. The average Bonchev–Trinajstić information content (AvgIpc) is 2.79. The fourth-order valence-electron chi connectivity index (χ4n) is 2.44. The quantitative estimate of drug-likeness (QED) is 0.850. The Morgan fingerprint density at radius 2 is 2.21 bits per heavy atom. The number of rotatable bonds is 3. The number of carbonyl (C=O) groups is 2. The number of nitrogens with zero attached hydrogens (tertiary/aromatic N) is 2. The molecule has 1 heterocycles. The zero-order valence-corrected chi connectivity index (χ0v) is 11.0. The number of nitrogens with one attached hydrogen (secondary N) is 1. The van der Waals surface area contributed by atoms with Crippen LogP contribution in [0.2, 0.25) is 0 Å². The van der Waals surface area contributed by atoms with Gasteiger partial charge in [0.2, 0.25) is 5.89 Å². The van der Waals surface area contributed by atoms with Gasteiger partial charge in [0.25, 0.3) is 11.7 Å². The second kappa shape index (κ2) is 4.99. The highest BCUT2D eigenvalue weighted by molar-refractivity contribution is 5.91. The van der Waals surface area contributed by atoms with Crippen LogP contribution < -0.4 is 5.32 Å². The summed E-state index contributed by atoms with van der Waals surface area (Å²) in [6.45, 7) is 3.26. The van der Waals surface area contributed by atoms with Crippen LogP contribution in [-0.2, 0) is 4.79 Å². The van der Waals surface area contributed by atoms with Crippen LogP contribution in [0, 0.1) is 12.3 Å². The number of hydrogen-bond donors (Lipinski definition) is 2. The predicted molar refractivity (Wildman–Crippen MR) is 64.5 cm³/mol. The van der Waals surface area contributed by atoms with E-state index in [1.165, 1.54) is 0 Å². The summed E-state index contributed by atoms with van der Waals surface area (Å²) in [4.78, 5) is 27.2. The van der Waals surface area contributed by atoms with Crippen LogP contribution in [0.15, 0.2) is 4.52 Å². The Bertz CT molecular complexity index is 499. The lowest BCUT2D eigenvalue weighted by atomic mass is 9.71. The van der Waals surface area contributed by atoms with E-state index in [1.807, 2.05) is 0 Å². The van der Waals surface area contributed by atoms with Crippen LogP contribution in [0.1, 0.15) is 49.1 Å². The molecule has 7 heteroatoms. The SMILES string of the molecule is Cc1nc(C(=O)NC2CCCCC2(C)C(=O)O)no1.